The molecule has 5 nitrogen and oxygen atoms in total. The molecule has 116 valence electrons. The summed E-state index contributed by atoms with van der Waals surface area (Å²) in [5.41, 5.74) is 0.971. The molecule has 0 saturated heterocycles. The zero-order chi connectivity index (χ0) is 16.3. The zero-order valence-corrected chi connectivity index (χ0v) is 13.1. The number of benzene rings is 2. The van der Waals surface area contributed by atoms with Crippen molar-refractivity contribution in [2.45, 2.75) is 17.9 Å². The molecule has 0 fully saturated rings. The standard InChI is InChI=1S/C16H17NO4S/c1-11(12-7-9-13(10-8-12)22(2,20)21)17-16(19)14-5-3-4-6-15(14)18/h3-11,18H,1-2H3,(H,17,19)/t11-/m0/s1. The Balaban J connectivity index is 2.14. The normalized spacial score (nSPS) is 12.6. The molecule has 0 unspecified atom stereocenters. The second kappa shape index (κ2) is 6.19. The van der Waals surface area contributed by atoms with Gasteiger partial charge >= 0.3 is 0 Å². The van der Waals surface area contributed by atoms with E-state index in [0.29, 0.717) is 0 Å². The number of nitrogens with one attached hydrogen (secondary N) is 1. The van der Waals surface area contributed by atoms with E-state index in [1.54, 1.807) is 31.2 Å². The lowest BCUT2D eigenvalue weighted by Crippen LogP contribution is -2.26. The summed E-state index contributed by atoms with van der Waals surface area (Å²) in [7, 11) is -3.24. The molecule has 0 bridgehead atoms. The molecule has 1 atom stereocenters. The van der Waals surface area contributed by atoms with Gasteiger partial charge in [0, 0.05) is 6.26 Å². The third-order valence-corrected chi connectivity index (χ3v) is 4.43. The Hall–Kier alpha value is -2.34. The van der Waals surface area contributed by atoms with Gasteiger partial charge in [0.15, 0.2) is 9.84 Å². The second-order valence-corrected chi connectivity index (χ2v) is 7.07. The Bertz CT molecular complexity index is 782. The van der Waals surface area contributed by atoms with E-state index in [9.17, 15) is 18.3 Å². The van der Waals surface area contributed by atoms with E-state index >= 15 is 0 Å². The van der Waals surface area contributed by atoms with Crippen LogP contribution in [0, 0.1) is 0 Å². The number of para-hydroxylation sites is 1. The summed E-state index contributed by atoms with van der Waals surface area (Å²) in [6, 6.07) is 12.3. The Labute approximate surface area is 129 Å². The van der Waals surface area contributed by atoms with E-state index in [-0.39, 0.29) is 22.3 Å². The van der Waals surface area contributed by atoms with Crippen molar-refractivity contribution in [3.63, 3.8) is 0 Å². The number of sulfone groups is 1. The summed E-state index contributed by atoms with van der Waals surface area (Å²) in [5, 5.41) is 12.4. The third-order valence-electron chi connectivity index (χ3n) is 3.30. The van der Waals surface area contributed by atoms with Crippen LogP contribution in [-0.4, -0.2) is 25.7 Å². The molecule has 0 spiro atoms. The van der Waals surface area contributed by atoms with Gasteiger partial charge in [-0.25, -0.2) is 8.42 Å². The lowest BCUT2D eigenvalue weighted by atomic mass is 10.1. The van der Waals surface area contributed by atoms with Crippen molar-refractivity contribution in [3.05, 3.63) is 59.7 Å². The molecule has 6 heteroatoms. The van der Waals surface area contributed by atoms with E-state index in [4.69, 9.17) is 0 Å². The smallest absolute Gasteiger partial charge is 0.255 e. The molecule has 2 aromatic rings. The van der Waals surface area contributed by atoms with Gasteiger partial charge in [-0.1, -0.05) is 24.3 Å². The van der Waals surface area contributed by atoms with Gasteiger partial charge in [0.2, 0.25) is 0 Å². The van der Waals surface area contributed by atoms with Gasteiger partial charge in [-0.3, -0.25) is 4.79 Å². The largest absolute Gasteiger partial charge is 0.507 e. The fraction of sp³-hybridized carbons (Fsp3) is 0.188. The first-order valence-corrected chi connectivity index (χ1v) is 8.57. The average Bonchev–Trinajstić information content (AvgIpc) is 2.46. The highest BCUT2D eigenvalue weighted by Crippen LogP contribution is 2.19. The van der Waals surface area contributed by atoms with Crippen molar-refractivity contribution >= 4 is 15.7 Å². The maximum atomic E-state index is 12.1. The van der Waals surface area contributed by atoms with Crippen LogP contribution in [0.1, 0.15) is 28.9 Å². The molecule has 0 aromatic heterocycles. The van der Waals surface area contributed by atoms with Gasteiger partial charge in [-0.2, -0.15) is 0 Å². The minimum Gasteiger partial charge on any atom is -0.507 e. The molecule has 2 N–H and O–H groups in total. The lowest BCUT2D eigenvalue weighted by Gasteiger charge is -2.15. The Kier molecular flexibility index (Phi) is 4.51. The quantitative estimate of drug-likeness (QED) is 0.905. The van der Waals surface area contributed by atoms with Gasteiger partial charge < -0.3 is 10.4 Å². The highest BCUT2D eigenvalue weighted by atomic mass is 32.2. The van der Waals surface area contributed by atoms with Crippen molar-refractivity contribution in [1.29, 1.82) is 0 Å². The van der Waals surface area contributed by atoms with Crippen LogP contribution in [0.3, 0.4) is 0 Å². The molecule has 0 aliphatic heterocycles. The van der Waals surface area contributed by atoms with Gasteiger partial charge in [0.25, 0.3) is 5.91 Å². The van der Waals surface area contributed by atoms with Crippen LogP contribution >= 0.6 is 0 Å². The minimum atomic E-state index is -3.24. The maximum absolute atomic E-state index is 12.1. The first kappa shape index (κ1) is 16.0. The minimum absolute atomic E-state index is 0.0837. The predicted octanol–water partition coefficient (Wildman–Crippen LogP) is 2.29. The summed E-state index contributed by atoms with van der Waals surface area (Å²) >= 11 is 0. The molecule has 2 aromatic carbocycles. The summed E-state index contributed by atoms with van der Waals surface area (Å²) in [6.07, 6.45) is 1.14. The van der Waals surface area contributed by atoms with Crippen LogP contribution < -0.4 is 5.32 Å². The number of amides is 1. The van der Waals surface area contributed by atoms with Gasteiger partial charge in [-0.15, -0.1) is 0 Å². The molecular weight excluding hydrogens is 302 g/mol. The zero-order valence-electron chi connectivity index (χ0n) is 12.3. The monoisotopic (exact) mass is 319 g/mol. The molecule has 22 heavy (non-hydrogen) atoms. The molecular formula is C16H17NO4S. The molecule has 2 rings (SSSR count). The van der Waals surface area contributed by atoms with Crippen molar-refractivity contribution in [2.75, 3.05) is 6.26 Å². The van der Waals surface area contributed by atoms with Gasteiger partial charge in [-0.05, 0) is 36.8 Å². The molecule has 0 heterocycles. The van der Waals surface area contributed by atoms with E-state index in [1.165, 1.54) is 24.3 Å². The van der Waals surface area contributed by atoms with E-state index in [1.807, 2.05) is 0 Å². The van der Waals surface area contributed by atoms with Crippen LogP contribution in [-0.2, 0) is 9.84 Å². The fourth-order valence-electron chi connectivity index (χ4n) is 2.03. The van der Waals surface area contributed by atoms with Crippen molar-refractivity contribution in [1.82, 2.24) is 5.32 Å². The van der Waals surface area contributed by atoms with Gasteiger partial charge in [0.05, 0.1) is 16.5 Å². The molecule has 0 aliphatic carbocycles. The fourth-order valence-corrected chi connectivity index (χ4v) is 2.66. The first-order chi connectivity index (χ1) is 10.3. The van der Waals surface area contributed by atoms with Crippen LogP contribution in [0.2, 0.25) is 0 Å². The summed E-state index contributed by atoms with van der Waals surface area (Å²) < 4.78 is 22.8. The number of hydrogen-bond acceptors (Lipinski definition) is 4. The highest BCUT2D eigenvalue weighted by molar-refractivity contribution is 7.90. The van der Waals surface area contributed by atoms with E-state index in [2.05, 4.69) is 5.32 Å². The maximum Gasteiger partial charge on any atom is 0.255 e. The van der Waals surface area contributed by atoms with E-state index < -0.39 is 15.7 Å². The highest BCUT2D eigenvalue weighted by Gasteiger charge is 2.15. The van der Waals surface area contributed by atoms with Crippen LogP contribution in [0.15, 0.2) is 53.4 Å². The van der Waals surface area contributed by atoms with Crippen molar-refractivity contribution in [3.8, 4) is 5.75 Å². The number of phenols is 1. The Morgan fingerprint density at radius 3 is 2.23 bits per heavy atom. The number of hydrogen-bond donors (Lipinski definition) is 2. The lowest BCUT2D eigenvalue weighted by molar-refractivity contribution is 0.0937. The number of phenolic OH excluding ortho intramolecular Hbond substituents is 1. The number of rotatable bonds is 4. The Morgan fingerprint density at radius 2 is 1.68 bits per heavy atom. The summed E-state index contributed by atoms with van der Waals surface area (Å²) in [6.45, 7) is 1.79. The van der Waals surface area contributed by atoms with Crippen molar-refractivity contribution < 1.29 is 18.3 Å². The summed E-state index contributed by atoms with van der Waals surface area (Å²) in [5.74, 6) is -0.475. The number of carbonyl (C=O) groups excluding carboxylic acids is 1. The molecule has 0 radical (unpaired) electrons. The first-order valence-electron chi connectivity index (χ1n) is 6.68. The van der Waals surface area contributed by atoms with Gasteiger partial charge in [0.1, 0.15) is 5.75 Å². The van der Waals surface area contributed by atoms with Crippen LogP contribution in [0.5, 0.6) is 5.75 Å². The second-order valence-electron chi connectivity index (χ2n) is 5.05. The van der Waals surface area contributed by atoms with Crippen LogP contribution in [0.4, 0.5) is 0 Å². The SMILES string of the molecule is C[C@H](NC(=O)c1ccccc1O)c1ccc(S(C)(=O)=O)cc1. The van der Waals surface area contributed by atoms with Crippen molar-refractivity contribution in [2.24, 2.45) is 0 Å². The average molecular weight is 319 g/mol. The van der Waals surface area contributed by atoms with Crippen LogP contribution in [0.25, 0.3) is 0 Å². The number of carbonyl (C=O) groups is 1. The molecule has 0 aliphatic rings. The molecule has 1 amide bonds. The number of aromatic hydroxyl groups is 1. The summed E-state index contributed by atoms with van der Waals surface area (Å²) in [4.78, 5) is 12.3. The predicted molar refractivity (Wildman–Crippen MR) is 83.5 cm³/mol. The Morgan fingerprint density at radius 1 is 1.09 bits per heavy atom. The topological polar surface area (TPSA) is 83.5 Å². The molecule has 0 saturated carbocycles. The third kappa shape index (κ3) is 3.65. The van der Waals surface area contributed by atoms with E-state index in [0.717, 1.165) is 11.8 Å².